The van der Waals surface area contributed by atoms with E-state index in [2.05, 4.69) is 4.67 Å². The molecule has 1 atom stereocenters. The van der Waals surface area contributed by atoms with E-state index in [0.717, 1.165) is 0 Å². The molecule has 0 aromatic carbocycles. The van der Waals surface area contributed by atoms with Crippen molar-refractivity contribution >= 4 is 15.2 Å². The Morgan fingerprint density at radius 3 is 1.86 bits per heavy atom. The highest BCUT2D eigenvalue weighted by molar-refractivity contribution is 7.52. The summed E-state index contributed by atoms with van der Waals surface area (Å²) in [5.74, 6) is 0. The molecule has 0 bridgehead atoms. The molecule has 0 aromatic heterocycles. The summed E-state index contributed by atoms with van der Waals surface area (Å²) in [6.45, 7) is 0. The first kappa shape index (κ1) is 14.3. The molecule has 0 radical (unpaired) electrons. The number of hydrogen-bond acceptors (Lipinski definition) is 4. The molecule has 0 aliphatic carbocycles. The van der Waals surface area contributed by atoms with Gasteiger partial charge < -0.3 is 14.7 Å². The first-order valence-electron chi connectivity index (χ1n) is 3.96. The second-order valence-electron chi connectivity index (χ2n) is 2.89. The van der Waals surface area contributed by atoms with E-state index < -0.39 is 15.2 Å². The Kier molecular flexibility index (Phi) is 6.09. The largest absolute Gasteiger partial charge is 0.355 e. The van der Waals surface area contributed by atoms with Gasteiger partial charge in [-0.1, -0.05) is 6.42 Å². The van der Waals surface area contributed by atoms with Crippen LogP contribution in [-0.2, 0) is 13.8 Å². The summed E-state index contributed by atoms with van der Waals surface area (Å²) >= 11 is 0. The molecule has 7 nitrogen and oxygen atoms in total. The van der Waals surface area contributed by atoms with Gasteiger partial charge in [0.1, 0.15) is 0 Å². The van der Waals surface area contributed by atoms with Crippen LogP contribution in [0.2, 0.25) is 0 Å². The Bertz CT molecular complexity index is 246. The van der Waals surface area contributed by atoms with Gasteiger partial charge in [0.2, 0.25) is 0 Å². The summed E-state index contributed by atoms with van der Waals surface area (Å²) in [6, 6.07) is 0. The van der Waals surface area contributed by atoms with Crippen LogP contribution < -0.4 is 0 Å². The summed E-state index contributed by atoms with van der Waals surface area (Å²) in [4.78, 5) is 25.6. The maximum atomic E-state index is 10.7. The molecule has 0 aliphatic rings. The van der Waals surface area contributed by atoms with Gasteiger partial charge in [-0.15, -0.1) is 0 Å². The first-order chi connectivity index (χ1) is 6.27. The van der Waals surface area contributed by atoms with Gasteiger partial charge >= 0.3 is 15.2 Å². The molecule has 86 valence electrons. The van der Waals surface area contributed by atoms with Crippen LogP contribution in [0.4, 0.5) is 0 Å². The molecule has 4 N–H and O–H groups in total. The highest BCUT2D eigenvalue weighted by Crippen LogP contribution is 2.42. The zero-order valence-corrected chi connectivity index (χ0v) is 9.23. The van der Waals surface area contributed by atoms with E-state index in [1.807, 2.05) is 0 Å². The fourth-order valence-electron chi connectivity index (χ4n) is 0.847. The van der Waals surface area contributed by atoms with E-state index in [1.54, 1.807) is 0 Å². The quantitative estimate of drug-likeness (QED) is 0.229. The lowest BCUT2D eigenvalue weighted by Gasteiger charge is -2.06. The topological polar surface area (TPSA) is 124 Å². The minimum atomic E-state index is -3.97. The van der Waals surface area contributed by atoms with Crippen LogP contribution in [0.5, 0.6) is 0 Å². The van der Waals surface area contributed by atoms with E-state index in [1.165, 1.54) is 0 Å². The second-order valence-corrected chi connectivity index (χ2v) is 6.55. The zero-order valence-electron chi connectivity index (χ0n) is 7.44. The lowest BCUT2D eigenvalue weighted by Crippen LogP contribution is -1.93. The van der Waals surface area contributed by atoms with Gasteiger partial charge in [-0.2, -0.15) is 4.67 Å². The van der Waals surface area contributed by atoms with E-state index in [0.29, 0.717) is 6.42 Å². The predicted molar refractivity (Wildman–Crippen MR) is 49.2 cm³/mol. The van der Waals surface area contributed by atoms with Crippen LogP contribution in [-0.4, -0.2) is 32.3 Å². The second kappa shape index (κ2) is 5.98. The van der Waals surface area contributed by atoms with Crippen LogP contribution in [0.1, 0.15) is 19.3 Å². The fraction of sp³-hybridized carbons (Fsp3) is 1.00. The van der Waals surface area contributed by atoms with Crippen LogP contribution in [0.15, 0.2) is 0 Å². The Hall–Kier alpha value is 0.260. The van der Waals surface area contributed by atoms with Gasteiger partial charge in [0, 0.05) is 6.16 Å². The molecule has 0 spiro atoms. The molecule has 0 saturated heterocycles. The highest BCUT2D eigenvalue weighted by Gasteiger charge is 2.18. The highest BCUT2D eigenvalue weighted by atomic mass is 31.2. The summed E-state index contributed by atoms with van der Waals surface area (Å²) in [6.07, 6.45) is 0.496. The Morgan fingerprint density at radius 2 is 1.43 bits per heavy atom. The Morgan fingerprint density at radius 1 is 0.929 bits per heavy atom. The fourth-order valence-corrected chi connectivity index (χ4v) is 2.19. The van der Waals surface area contributed by atoms with E-state index in [4.69, 9.17) is 19.9 Å². The molecule has 14 heavy (non-hydrogen) atoms. The Labute approximate surface area is 81.3 Å². The summed E-state index contributed by atoms with van der Waals surface area (Å²) < 4.78 is 24.4. The van der Waals surface area contributed by atoms with Crippen molar-refractivity contribution in [2.75, 3.05) is 12.3 Å². The minimum Gasteiger partial charge on any atom is -0.324 e. The molecule has 9 heteroatoms. The molecule has 0 heterocycles. The minimum absolute atomic E-state index is 0.218. The van der Waals surface area contributed by atoms with Crippen molar-refractivity contribution in [3.05, 3.63) is 0 Å². The first-order valence-corrected chi connectivity index (χ1v) is 7.52. The number of unbranched alkanes of at least 4 members (excludes halogenated alkanes) is 2. The van der Waals surface area contributed by atoms with Gasteiger partial charge in [0.05, 0.1) is 6.16 Å². The molecule has 0 amide bonds. The third kappa shape index (κ3) is 8.84. The zero-order chi connectivity index (χ0) is 11.2. The van der Waals surface area contributed by atoms with Crippen LogP contribution in [0.3, 0.4) is 0 Å². The van der Waals surface area contributed by atoms with Gasteiger partial charge in [0.25, 0.3) is 0 Å². The van der Waals surface area contributed by atoms with Gasteiger partial charge in [-0.25, -0.2) is 5.26 Å². The average molecular weight is 248 g/mol. The lowest BCUT2D eigenvalue weighted by atomic mass is 10.3. The van der Waals surface area contributed by atoms with Crippen LogP contribution in [0.25, 0.3) is 0 Å². The molecule has 1 unspecified atom stereocenters. The van der Waals surface area contributed by atoms with Crippen molar-refractivity contribution in [3.8, 4) is 0 Å². The number of hydrogen-bond donors (Lipinski definition) is 4. The SMILES string of the molecule is O=P(O)(O)CCCCCP(=O)(O)OO. The van der Waals surface area contributed by atoms with Crippen LogP contribution >= 0.6 is 15.2 Å². The van der Waals surface area contributed by atoms with Crippen molar-refractivity contribution in [2.24, 2.45) is 0 Å². The normalized spacial score (nSPS) is 16.6. The molecular weight excluding hydrogens is 234 g/mol. The van der Waals surface area contributed by atoms with E-state index in [-0.39, 0.29) is 25.2 Å². The van der Waals surface area contributed by atoms with Crippen molar-refractivity contribution in [2.45, 2.75) is 19.3 Å². The molecule has 0 rings (SSSR count). The van der Waals surface area contributed by atoms with Crippen LogP contribution in [0, 0.1) is 0 Å². The van der Waals surface area contributed by atoms with Crippen molar-refractivity contribution < 1.29 is 33.7 Å². The standard InChI is InChI=1S/C5H14O7P2/c6-12-14(10,11)5-3-1-2-4-13(7,8)9/h6H,1-5H2,(H,10,11)(H2,7,8,9). The summed E-state index contributed by atoms with van der Waals surface area (Å²) in [5.41, 5.74) is 0. The monoisotopic (exact) mass is 248 g/mol. The maximum absolute atomic E-state index is 10.7. The van der Waals surface area contributed by atoms with Gasteiger partial charge in [0.15, 0.2) is 0 Å². The lowest BCUT2D eigenvalue weighted by molar-refractivity contribution is -0.145. The Balaban J connectivity index is 3.49. The number of rotatable bonds is 7. The molecular formula is C5H14O7P2. The summed E-state index contributed by atoms with van der Waals surface area (Å²) in [5, 5.41) is 7.94. The summed E-state index contributed by atoms with van der Waals surface area (Å²) in [7, 11) is -7.86. The van der Waals surface area contributed by atoms with Crippen molar-refractivity contribution in [3.63, 3.8) is 0 Å². The molecule has 0 aromatic rings. The van der Waals surface area contributed by atoms with Gasteiger partial charge in [-0.3, -0.25) is 9.13 Å². The third-order valence-corrected chi connectivity index (χ3v) is 3.55. The predicted octanol–water partition coefficient (Wildman–Crippen LogP) is 1.01. The molecule has 0 fully saturated rings. The molecule has 0 aliphatic heterocycles. The maximum Gasteiger partial charge on any atom is 0.355 e. The van der Waals surface area contributed by atoms with Crippen molar-refractivity contribution in [1.82, 2.24) is 0 Å². The van der Waals surface area contributed by atoms with Gasteiger partial charge in [-0.05, 0) is 12.8 Å². The average Bonchev–Trinajstić information content (AvgIpc) is 2.01. The van der Waals surface area contributed by atoms with E-state index >= 15 is 0 Å². The third-order valence-electron chi connectivity index (χ3n) is 1.52. The van der Waals surface area contributed by atoms with Crippen molar-refractivity contribution in [1.29, 1.82) is 0 Å². The smallest absolute Gasteiger partial charge is 0.324 e. The molecule has 0 saturated carbocycles. The van der Waals surface area contributed by atoms with E-state index in [9.17, 15) is 9.13 Å².